The van der Waals surface area contributed by atoms with Crippen LogP contribution in [0.15, 0.2) is 60.0 Å². The lowest BCUT2D eigenvalue weighted by Crippen LogP contribution is -2.27. The minimum absolute atomic E-state index is 0.0548. The summed E-state index contributed by atoms with van der Waals surface area (Å²) in [6, 6.07) is 16.3. The molecule has 1 heterocycles. The second-order valence-corrected chi connectivity index (χ2v) is 6.69. The number of hydrogen-bond acceptors (Lipinski definition) is 4. The Morgan fingerprint density at radius 3 is 2.73 bits per heavy atom. The van der Waals surface area contributed by atoms with E-state index in [1.807, 2.05) is 41.8 Å². The molecule has 0 aliphatic heterocycles. The standard InChI is InChI=1S/C20H20FN3OS/c21-16-7-4-6-15(12-16)20-24-18(14-26-20)13-19(25)23-11-5-10-22-17-8-2-1-3-9-17/h1-4,6-9,12,14,22H,5,10-11,13H2,(H,23,25). The maximum absolute atomic E-state index is 13.3. The number of nitrogens with zero attached hydrogens (tertiary/aromatic N) is 1. The lowest BCUT2D eigenvalue weighted by molar-refractivity contribution is -0.120. The van der Waals surface area contributed by atoms with E-state index in [1.54, 1.807) is 6.07 Å². The minimum Gasteiger partial charge on any atom is -0.385 e. The number of rotatable bonds is 8. The van der Waals surface area contributed by atoms with Crippen molar-refractivity contribution in [2.24, 2.45) is 0 Å². The van der Waals surface area contributed by atoms with Crippen molar-refractivity contribution in [3.63, 3.8) is 0 Å². The number of carbonyl (C=O) groups excluding carboxylic acids is 1. The van der Waals surface area contributed by atoms with E-state index in [0.717, 1.165) is 29.2 Å². The van der Waals surface area contributed by atoms with Crippen molar-refractivity contribution < 1.29 is 9.18 Å². The molecular formula is C20H20FN3OS. The Bertz CT molecular complexity index is 851. The first-order valence-corrected chi connectivity index (χ1v) is 9.34. The highest BCUT2D eigenvalue weighted by Gasteiger charge is 2.09. The Morgan fingerprint density at radius 1 is 1.08 bits per heavy atom. The van der Waals surface area contributed by atoms with Crippen LogP contribution in [0.1, 0.15) is 12.1 Å². The van der Waals surface area contributed by atoms with Crippen molar-refractivity contribution in [3.8, 4) is 10.6 Å². The fraction of sp³-hybridized carbons (Fsp3) is 0.200. The number of nitrogens with one attached hydrogen (secondary N) is 2. The molecule has 0 atom stereocenters. The largest absolute Gasteiger partial charge is 0.385 e. The third kappa shape index (κ3) is 5.39. The van der Waals surface area contributed by atoms with Gasteiger partial charge in [-0.3, -0.25) is 4.79 Å². The number of halogens is 1. The topological polar surface area (TPSA) is 54.0 Å². The van der Waals surface area contributed by atoms with Crippen molar-refractivity contribution in [2.45, 2.75) is 12.8 Å². The van der Waals surface area contributed by atoms with Gasteiger partial charge in [-0.25, -0.2) is 9.37 Å². The zero-order valence-corrected chi connectivity index (χ0v) is 15.1. The van der Waals surface area contributed by atoms with Gasteiger partial charge < -0.3 is 10.6 Å². The molecule has 2 aromatic carbocycles. The SMILES string of the molecule is O=C(Cc1csc(-c2cccc(F)c2)n1)NCCCNc1ccccc1. The Hall–Kier alpha value is -2.73. The van der Waals surface area contributed by atoms with E-state index in [2.05, 4.69) is 15.6 Å². The van der Waals surface area contributed by atoms with Crippen molar-refractivity contribution in [3.05, 3.63) is 71.5 Å². The lowest BCUT2D eigenvalue weighted by atomic mass is 10.2. The van der Waals surface area contributed by atoms with Crippen LogP contribution >= 0.6 is 11.3 Å². The van der Waals surface area contributed by atoms with Crippen molar-refractivity contribution in [1.29, 1.82) is 0 Å². The van der Waals surface area contributed by atoms with Gasteiger partial charge in [0.2, 0.25) is 5.91 Å². The molecule has 0 saturated heterocycles. The summed E-state index contributed by atoms with van der Waals surface area (Å²) in [6.45, 7) is 1.41. The average molecular weight is 369 g/mol. The smallest absolute Gasteiger partial charge is 0.226 e. The summed E-state index contributed by atoms with van der Waals surface area (Å²) in [5, 5.41) is 8.77. The van der Waals surface area contributed by atoms with Gasteiger partial charge in [0, 0.05) is 29.7 Å². The summed E-state index contributed by atoms with van der Waals surface area (Å²) in [4.78, 5) is 16.4. The molecule has 0 radical (unpaired) electrons. The predicted octanol–water partition coefficient (Wildman–Crippen LogP) is 4.11. The van der Waals surface area contributed by atoms with Crippen LogP contribution in [0.3, 0.4) is 0 Å². The molecule has 4 nitrogen and oxygen atoms in total. The molecule has 0 fully saturated rings. The van der Waals surface area contributed by atoms with Gasteiger partial charge in [-0.2, -0.15) is 0 Å². The molecule has 134 valence electrons. The van der Waals surface area contributed by atoms with Crippen LogP contribution in [0.2, 0.25) is 0 Å². The van der Waals surface area contributed by atoms with Crippen LogP contribution < -0.4 is 10.6 Å². The van der Waals surface area contributed by atoms with Gasteiger partial charge in [0.15, 0.2) is 0 Å². The summed E-state index contributed by atoms with van der Waals surface area (Å²) in [7, 11) is 0. The Morgan fingerprint density at radius 2 is 1.92 bits per heavy atom. The Balaban J connectivity index is 1.40. The fourth-order valence-electron chi connectivity index (χ4n) is 2.47. The molecule has 3 rings (SSSR count). The number of carbonyl (C=O) groups is 1. The van der Waals surface area contributed by atoms with Gasteiger partial charge in [0.05, 0.1) is 12.1 Å². The molecule has 0 spiro atoms. The first-order valence-electron chi connectivity index (χ1n) is 8.47. The molecule has 26 heavy (non-hydrogen) atoms. The Kier molecular flexibility index (Phi) is 6.33. The van der Waals surface area contributed by atoms with E-state index >= 15 is 0 Å². The summed E-state index contributed by atoms with van der Waals surface area (Å²) in [5.41, 5.74) is 2.51. The quantitative estimate of drug-likeness (QED) is 0.588. The van der Waals surface area contributed by atoms with Gasteiger partial charge in [0.1, 0.15) is 10.8 Å². The Labute approximate surface area is 156 Å². The molecule has 0 unspecified atom stereocenters. The van der Waals surface area contributed by atoms with E-state index < -0.39 is 0 Å². The molecule has 1 amide bonds. The normalized spacial score (nSPS) is 10.5. The monoisotopic (exact) mass is 369 g/mol. The summed E-state index contributed by atoms with van der Waals surface area (Å²) in [5.74, 6) is -0.345. The van der Waals surface area contributed by atoms with Crippen molar-refractivity contribution in [2.75, 3.05) is 18.4 Å². The maximum atomic E-state index is 13.3. The average Bonchev–Trinajstić information content (AvgIpc) is 3.11. The van der Waals surface area contributed by atoms with Gasteiger partial charge in [-0.15, -0.1) is 11.3 Å². The number of para-hydroxylation sites is 1. The molecule has 0 aliphatic rings. The molecular weight excluding hydrogens is 349 g/mol. The van der Waals surface area contributed by atoms with Crippen LogP contribution in [0, 0.1) is 5.82 Å². The summed E-state index contributed by atoms with van der Waals surface area (Å²) >= 11 is 1.42. The number of aromatic nitrogens is 1. The maximum Gasteiger partial charge on any atom is 0.226 e. The van der Waals surface area contributed by atoms with E-state index in [-0.39, 0.29) is 18.1 Å². The van der Waals surface area contributed by atoms with Gasteiger partial charge in [-0.1, -0.05) is 30.3 Å². The third-order valence-electron chi connectivity index (χ3n) is 3.74. The molecule has 0 aliphatic carbocycles. The zero-order valence-electron chi connectivity index (χ0n) is 14.2. The van der Waals surface area contributed by atoms with Crippen LogP contribution in [0.25, 0.3) is 10.6 Å². The van der Waals surface area contributed by atoms with E-state index in [4.69, 9.17) is 0 Å². The molecule has 3 aromatic rings. The van der Waals surface area contributed by atoms with Gasteiger partial charge in [0.25, 0.3) is 0 Å². The van der Waals surface area contributed by atoms with Crippen LogP contribution in [0.4, 0.5) is 10.1 Å². The van der Waals surface area contributed by atoms with Crippen LogP contribution in [-0.2, 0) is 11.2 Å². The van der Waals surface area contributed by atoms with E-state index in [1.165, 1.54) is 23.5 Å². The van der Waals surface area contributed by atoms with E-state index in [9.17, 15) is 9.18 Å². The number of amides is 1. The first kappa shape index (κ1) is 18.1. The molecule has 0 saturated carbocycles. The fourth-order valence-corrected chi connectivity index (χ4v) is 3.29. The lowest BCUT2D eigenvalue weighted by Gasteiger charge is -2.07. The number of benzene rings is 2. The van der Waals surface area contributed by atoms with Crippen LogP contribution in [-0.4, -0.2) is 24.0 Å². The van der Waals surface area contributed by atoms with Gasteiger partial charge >= 0.3 is 0 Å². The second-order valence-electron chi connectivity index (χ2n) is 5.83. The molecule has 0 bridgehead atoms. The zero-order chi connectivity index (χ0) is 18.2. The van der Waals surface area contributed by atoms with Crippen molar-refractivity contribution in [1.82, 2.24) is 10.3 Å². The first-order chi connectivity index (χ1) is 12.7. The highest BCUT2D eigenvalue weighted by atomic mass is 32.1. The van der Waals surface area contributed by atoms with Gasteiger partial charge in [-0.05, 0) is 30.7 Å². The second kappa shape index (κ2) is 9.10. The minimum atomic E-state index is -0.291. The number of thiazole rings is 1. The predicted molar refractivity (Wildman–Crippen MR) is 104 cm³/mol. The number of hydrogen-bond donors (Lipinski definition) is 2. The number of anilines is 1. The highest BCUT2D eigenvalue weighted by molar-refractivity contribution is 7.13. The molecule has 6 heteroatoms. The third-order valence-corrected chi connectivity index (χ3v) is 4.68. The molecule has 1 aromatic heterocycles. The summed E-state index contributed by atoms with van der Waals surface area (Å²) in [6.07, 6.45) is 1.07. The summed E-state index contributed by atoms with van der Waals surface area (Å²) < 4.78 is 13.3. The van der Waals surface area contributed by atoms with E-state index in [0.29, 0.717) is 12.2 Å². The van der Waals surface area contributed by atoms with Crippen molar-refractivity contribution >= 4 is 22.9 Å². The molecule has 2 N–H and O–H groups in total. The van der Waals surface area contributed by atoms with Crippen LogP contribution in [0.5, 0.6) is 0 Å². The highest BCUT2D eigenvalue weighted by Crippen LogP contribution is 2.24.